The van der Waals surface area contributed by atoms with Crippen LogP contribution in [0.1, 0.15) is 43.7 Å². The van der Waals surface area contributed by atoms with Gasteiger partial charge in [0, 0.05) is 18.5 Å². The minimum Gasteiger partial charge on any atom is -0.349 e. The van der Waals surface area contributed by atoms with E-state index in [1.807, 2.05) is 6.92 Å². The molecule has 1 saturated heterocycles. The van der Waals surface area contributed by atoms with Crippen molar-refractivity contribution in [3.8, 4) is 0 Å². The quantitative estimate of drug-likeness (QED) is 0.906. The standard InChI is InChI=1S/C18H24N2O2/c1-13-5-7-15(8-6-13)12-18(9-10-18)19-17(22)14(2)20-11-3-4-16(20)21/h5-8,14H,3-4,9-12H2,1-2H3,(H,19,22)/t14-/m0/s1. The number of benzene rings is 1. The SMILES string of the molecule is Cc1ccc(CC2(NC(=O)[C@H](C)N3CCCC3=O)CC2)cc1. The van der Waals surface area contributed by atoms with Crippen LogP contribution in [0.4, 0.5) is 0 Å². The van der Waals surface area contributed by atoms with Gasteiger partial charge >= 0.3 is 0 Å². The normalized spacial score (nSPS) is 20.8. The Kier molecular flexibility index (Phi) is 3.94. The van der Waals surface area contributed by atoms with Crippen LogP contribution in [0.2, 0.25) is 0 Å². The maximum Gasteiger partial charge on any atom is 0.242 e. The van der Waals surface area contributed by atoms with Gasteiger partial charge in [-0.05, 0) is 45.1 Å². The van der Waals surface area contributed by atoms with E-state index in [0.29, 0.717) is 13.0 Å². The highest BCUT2D eigenvalue weighted by atomic mass is 16.2. The van der Waals surface area contributed by atoms with Gasteiger partial charge in [0.15, 0.2) is 0 Å². The Balaban J connectivity index is 1.60. The fourth-order valence-electron chi connectivity index (χ4n) is 3.18. The Morgan fingerprint density at radius 3 is 2.55 bits per heavy atom. The van der Waals surface area contributed by atoms with Gasteiger partial charge in [-0.15, -0.1) is 0 Å². The minimum atomic E-state index is -0.356. The summed E-state index contributed by atoms with van der Waals surface area (Å²) in [4.78, 5) is 25.9. The molecule has 0 aromatic heterocycles. The first-order valence-electron chi connectivity index (χ1n) is 8.16. The Labute approximate surface area is 131 Å². The fraction of sp³-hybridized carbons (Fsp3) is 0.556. The smallest absolute Gasteiger partial charge is 0.242 e. The van der Waals surface area contributed by atoms with Crippen molar-refractivity contribution in [3.63, 3.8) is 0 Å². The van der Waals surface area contributed by atoms with E-state index in [4.69, 9.17) is 0 Å². The lowest BCUT2D eigenvalue weighted by Gasteiger charge is -2.26. The van der Waals surface area contributed by atoms with Gasteiger partial charge in [-0.3, -0.25) is 9.59 Å². The molecule has 2 fully saturated rings. The van der Waals surface area contributed by atoms with Crippen LogP contribution in [0.5, 0.6) is 0 Å². The van der Waals surface area contributed by atoms with E-state index in [-0.39, 0.29) is 23.4 Å². The van der Waals surface area contributed by atoms with Crippen LogP contribution in [0.3, 0.4) is 0 Å². The summed E-state index contributed by atoms with van der Waals surface area (Å²) in [6, 6.07) is 8.13. The van der Waals surface area contributed by atoms with Gasteiger partial charge in [0.25, 0.3) is 0 Å². The van der Waals surface area contributed by atoms with Crippen LogP contribution < -0.4 is 5.32 Å². The largest absolute Gasteiger partial charge is 0.349 e. The summed E-state index contributed by atoms with van der Waals surface area (Å²) in [5.41, 5.74) is 2.41. The summed E-state index contributed by atoms with van der Waals surface area (Å²) >= 11 is 0. The van der Waals surface area contributed by atoms with Gasteiger partial charge in [0.05, 0.1) is 0 Å². The molecule has 4 nitrogen and oxygen atoms in total. The molecule has 1 atom stereocenters. The van der Waals surface area contributed by atoms with E-state index in [1.165, 1.54) is 11.1 Å². The summed E-state index contributed by atoms with van der Waals surface area (Å²) in [6.45, 7) is 4.62. The second kappa shape index (κ2) is 5.75. The number of carbonyl (C=O) groups is 2. The molecule has 2 amide bonds. The number of rotatable bonds is 5. The molecule has 1 aliphatic carbocycles. The highest BCUT2D eigenvalue weighted by molar-refractivity contribution is 5.88. The summed E-state index contributed by atoms with van der Waals surface area (Å²) in [5, 5.41) is 3.19. The van der Waals surface area contributed by atoms with Crippen LogP contribution in [0.25, 0.3) is 0 Å². The molecular weight excluding hydrogens is 276 g/mol. The fourth-order valence-corrected chi connectivity index (χ4v) is 3.18. The molecular formula is C18H24N2O2. The minimum absolute atomic E-state index is 0.0140. The summed E-state index contributed by atoms with van der Waals surface area (Å²) in [7, 11) is 0. The third-order valence-electron chi connectivity index (χ3n) is 4.86. The molecule has 1 N–H and O–H groups in total. The van der Waals surface area contributed by atoms with Crippen molar-refractivity contribution >= 4 is 11.8 Å². The third kappa shape index (κ3) is 3.16. The van der Waals surface area contributed by atoms with Crippen LogP contribution >= 0.6 is 0 Å². The molecule has 1 aromatic carbocycles. The Morgan fingerprint density at radius 1 is 1.32 bits per heavy atom. The van der Waals surface area contributed by atoms with Crippen molar-refractivity contribution in [2.75, 3.05) is 6.54 Å². The van der Waals surface area contributed by atoms with E-state index in [9.17, 15) is 9.59 Å². The van der Waals surface area contributed by atoms with Gasteiger partial charge in [0.1, 0.15) is 6.04 Å². The molecule has 2 aliphatic rings. The zero-order valence-corrected chi connectivity index (χ0v) is 13.4. The van der Waals surface area contributed by atoms with Gasteiger partial charge < -0.3 is 10.2 Å². The molecule has 22 heavy (non-hydrogen) atoms. The molecule has 4 heteroatoms. The summed E-state index contributed by atoms with van der Waals surface area (Å²) < 4.78 is 0. The van der Waals surface area contributed by atoms with Crippen LogP contribution in [0.15, 0.2) is 24.3 Å². The van der Waals surface area contributed by atoms with Crippen molar-refractivity contribution in [2.24, 2.45) is 0 Å². The van der Waals surface area contributed by atoms with E-state index in [2.05, 4.69) is 36.5 Å². The zero-order chi connectivity index (χ0) is 15.7. The highest BCUT2D eigenvalue weighted by Crippen LogP contribution is 2.39. The average molecular weight is 300 g/mol. The first kappa shape index (κ1) is 15.1. The first-order chi connectivity index (χ1) is 10.5. The van der Waals surface area contributed by atoms with Gasteiger partial charge in [-0.2, -0.15) is 0 Å². The molecule has 1 heterocycles. The van der Waals surface area contributed by atoms with Crippen LogP contribution in [-0.4, -0.2) is 34.8 Å². The van der Waals surface area contributed by atoms with Gasteiger partial charge in [0.2, 0.25) is 11.8 Å². The van der Waals surface area contributed by atoms with E-state index >= 15 is 0 Å². The first-order valence-corrected chi connectivity index (χ1v) is 8.16. The number of carbonyl (C=O) groups excluding carboxylic acids is 2. The van der Waals surface area contributed by atoms with Gasteiger partial charge in [-0.25, -0.2) is 0 Å². The number of likely N-dealkylation sites (tertiary alicyclic amines) is 1. The molecule has 1 aromatic rings. The zero-order valence-electron chi connectivity index (χ0n) is 13.4. The van der Waals surface area contributed by atoms with Crippen molar-refractivity contribution in [1.29, 1.82) is 0 Å². The number of aryl methyl sites for hydroxylation is 1. The monoisotopic (exact) mass is 300 g/mol. The van der Waals surface area contributed by atoms with Crippen molar-refractivity contribution in [2.45, 2.75) is 57.5 Å². The predicted octanol–water partition coefficient (Wildman–Crippen LogP) is 2.20. The molecule has 3 rings (SSSR count). The molecule has 1 aliphatic heterocycles. The molecule has 0 radical (unpaired) electrons. The van der Waals surface area contributed by atoms with E-state index in [1.54, 1.807) is 4.90 Å². The topological polar surface area (TPSA) is 49.4 Å². The molecule has 0 bridgehead atoms. The van der Waals surface area contributed by atoms with E-state index in [0.717, 1.165) is 25.7 Å². The second-order valence-corrected chi connectivity index (χ2v) is 6.80. The van der Waals surface area contributed by atoms with E-state index < -0.39 is 0 Å². The van der Waals surface area contributed by atoms with Crippen molar-refractivity contribution < 1.29 is 9.59 Å². The van der Waals surface area contributed by atoms with Gasteiger partial charge in [-0.1, -0.05) is 29.8 Å². The molecule has 0 spiro atoms. The molecule has 1 saturated carbocycles. The van der Waals surface area contributed by atoms with Crippen LogP contribution in [-0.2, 0) is 16.0 Å². The number of nitrogens with one attached hydrogen (secondary N) is 1. The second-order valence-electron chi connectivity index (χ2n) is 6.80. The average Bonchev–Trinajstić information content (AvgIpc) is 3.10. The number of hydrogen-bond donors (Lipinski definition) is 1. The number of hydrogen-bond acceptors (Lipinski definition) is 2. The highest BCUT2D eigenvalue weighted by Gasteiger charge is 2.45. The van der Waals surface area contributed by atoms with Crippen LogP contribution in [0, 0.1) is 6.92 Å². The maximum atomic E-state index is 12.5. The Morgan fingerprint density at radius 2 is 2.00 bits per heavy atom. The summed E-state index contributed by atoms with van der Waals surface area (Å²) in [6.07, 6.45) is 4.36. The third-order valence-corrected chi connectivity index (χ3v) is 4.86. The number of amides is 2. The Hall–Kier alpha value is -1.84. The summed E-state index contributed by atoms with van der Waals surface area (Å²) in [5.74, 6) is 0.0888. The lowest BCUT2D eigenvalue weighted by Crippen LogP contribution is -2.50. The lowest BCUT2D eigenvalue weighted by atomic mass is 10.0. The lowest BCUT2D eigenvalue weighted by molar-refractivity contribution is -0.137. The molecule has 118 valence electrons. The molecule has 0 unspecified atom stereocenters. The Bertz CT molecular complexity index is 575. The predicted molar refractivity (Wildman–Crippen MR) is 85.4 cm³/mol. The van der Waals surface area contributed by atoms with Crippen molar-refractivity contribution in [3.05, 3.63) is 35.4 Å². The van der Waals surface area contributed by atoms with Crippen molar-refractivity contribution in [1.82, 2.24) is 10.2 Å². The maximum absolute atomic E-state index is 12.5. The number of nitrogens with zero attached hydrogens (tertiary/aromatic N) is 1.